The monoisotopic (exact) mass is 390 g/mol. The molecule has 2 aliphatic rings. The Kier molecular flexibility index (Phi) is 3.95. The molecule has 2 atom stereocenters. The van der Waals surface area contributed by atoms with Crippen LogP contribution in [0.15, 0.2) is 12.4 Å². The van der Waals surface area contributed by atoms with Crippen LogP contribution in [0.3, 0.4) is 0 Å². The summed E-state index contributed by atoms with van der Waals surface area (Å²) in [6.07, 6.45) is -2.77. The molecule has 0 bridgehead atoms. The van der Waals surface area contributed by atoms with Crippen LogP contribution < -0.4 is 10.2 Å². The summed E-state index contributed by atoms with van der Waals surface area (Å²) in [6.45, 7) is -1.02. The summed E-state index contributed by atoms with van der Waals surface area (Å²) in [5, 5.41) is 18.4. The number of aliphatic hydroxyl groups is 1. The molecule has 2 aromatic rings. The van der Waals surface area contributed by atoms with Gasteiger partial charge in [-0.25, -0.2) is 17.6 Å². The molecule has 4 rings (SSSR count). The van der Waals surface area contributed by atoms with Crippen molar-refractivity contribution in [3.63, 3.8) is 0 Å². The van der Waals surface area contributed by atoms with Gasteiger partial charge in [0.05, 0.1) is 24.5 Å². The molecule has 26 heavy (non-hydrogen) atoms. The maximum Gasteiger partial charge on any atom is 0.269 e. The van der Waals surface area contributed by atoms with Crippen LogP contribution in [0.5, 0.6) is 0 Å². The van der Waals surface area contributed by atoms with Crippen molar-refractivity contribution in [2.75, 3.05) is 18.0 Å². The summed E-state index contributed by atoms with van der Waals surface area (Å²) in [4.78, 5) is 14.4. The molecule has 2 aliphatic heterocycles. The molecule has 3 N–H and O–H groups in total. The fourth-order valence-corrected chi connectivity index (χ4v) is 4.66. The van der Waals surface area contributed by atoms with Gasteiger partial charge in [-0.1, -0.05) is 0 Å². The van der Waals surface area contributed by atoms with Gasteiger partial charge in [0.1, 0.15) is 11.0 Å². The molecule has 6 nitrogen and oxygen atoms in total. The number of aliphatic hydroxyl groups excluding tert-OH is 1. The van der Waals surface area contributed by atoms with E-state index >= 15 is 0 Å². The molecular formula is C15H14F4N4O2S. The van der Waals surface area contributed by atoms with Crippen molar-refractivity contribution < 1.29 is 27.5 Å². The Morgan fingerprint density at radius 1 is 1.38 bits per heavy atom. The highest BCUT2D eigenvalue weighted by Gasteiger charge is 2.46. The fourth-order valence-electron chi connectivity index (χ4n) is 3.43. The lowest BCUT2D eigenvalue weighted by Crippen LogP contribution is -2.53. The van der Waals surface area contributed by atoms with Gasteiger partial charge in [-0.15, -0.1) is 11.3 Å². The van der Waals surface area contributed by atoms with Gasteiger partial charge in [0.25, 0.3) is 18.3 Å². The Bertz CT molecular complexity index is 839. The second-order valence-corrected chi connectivity index (χ2v) is 7.41. The van der Waals surface area contributed by atoms with Gasteiger partial charge in [0.15, 0.2) is 0 Å². The van der Waals surface area contributed by atoms with Crippen LogP contribution in [0, 0.1) is 0 Å². The first-order valence-electron chi connectivity index (χ1n) is 7.81. The summed E-state index contributed by atoms with van der Waals surface area (Å²) in [6, 6.07) is -1.35. The second-order valence-electron chi connectivity index (χ2n) is 6.39. The third-order valence-electron chi connectivity index (χ3n) is 4.52. The van der Waals surface area contributed by atoms with E-state index in [0.29, 0.717) is 21.7 Å². The van der Waals surface area contributed by atoms with E-state index in [-0.39, 0.29) is 11.4 Å². The number of rotatable bonds is 3. The zero-order chi connectivity index (χ0) is 18.6. The number of carbonyl (C=O) groups excluding carboxylic acids is 1. The maximum atomic E-state index is 14.3. The Balaban J connectivity index is 1.83. The van der Waals surface area contributed by atoms with Crippen LogP contribution in [0.1, 0.15) is 15.2 Å². The minimum absolute atomic E-state index is 0.177. The summed E-state index contributed by atoms with van der Waals surface area (Å²) in [5.74, 6) is -3.74. The van der Waals surface area contributed by atoms with Crippen LogP contribution in [-0.4, -0.2) is 58.8 Å². The fraction of sp³-hybridized carbons (Fsp3) is 0.467. The van der Waals surface area contributed by atoms with E-state index in [1.54, 1.807) is 6.20 Å². The Morgan fingerprint density at radius 3 is 2.81 bits per heavy atom. The van der Waals surface area contributed by atoms with E-state index in [9.17, 15) is 27.5 Å². The number of H-pyrrole nitrogens is 1. The second kappa shape index (κ2) is 5.95. The first-order chi connectivity index (χ1) is 12.3. The van der Waals surface area contributed by atoms with Crippen molar-refractivity contribution in [3.05, 3.63) is 22.8 Å². The quantitative estimate of drug-likeness (QED) is 0.699. The van der Waals surface area contributed by atoms with Crippen LogP contribution in [0.25, 0.3) is 10.4 Å². The van der Waals surface area contributed by atoms with E-state index in [0.717, 1.165) is 11.3 Å². The highest BCUT2D eigenvalue weighted by molar-refractivity contribution is 7.18. The maximum absolute atomic E-state index is 14.3. The highest BCUT2D eigenvalue weighted by atomic mass is 32.1. The zero-order valence-electron chi connectivity index (χ0n) is 13.2. The Hall–Kier alpha value is -2.14. The van der Waals surface area contributed by atoms with Crippen molar-refractivity contribution in [3.8, 4) is 10.4 Å². The lowest BCUT2D eigenvalue weighted by atomic mass is 9.97. The number of alkyl halides is 4. The van der Waals surface area contributed by atoms with Crippen LogP contribution in [-0.2, 0) is 6.42 Å². The third kappa shape index (κ3) is 2.75. The summed E-state index contributed by atoms with van der Waals surface area (Å²) >= 11 is 1.02. The predicted molar refractivity (Wildman–Crippen MR) is 86.0 cm³/mol. The van der Waals surface area contributed by atoms with Gasteiger partial charge in [-0.2, -0.15) is 5.10 Å². The van der Waals surface area contributed by atoms with E-state index in [4.69, 9.17) is 0 Å². The van der Waals surface area contributed by atoms with Crippen molar-refractivity contribution in [1.82, 2.24) is 15.5 Å². The Labute approximate surface area is 148 Å². The summed E-state index contributed by atoms with van der Waals surface area (Å²) in [5.41, 5.74) is 1.20. The molecule has 0 fully saturated rings. The minimum atomic E-state index is -3.09. The highest BCUT2D eigenvalue weighted by Crippen LogP contribution is 2.48. The molecule has 0 aromatic carbocycles. The van der Waals surface area contributed by atoms with E-state index in [2.05, 4.69) is 15.5 Å². The molecule has 1 amide bonds. The molecule has 0 radical (unpaired) electrons. The number of anilines is 1. The smallest absolute Gasteiger partial charge is 0.269 e. The lowest BCUT2D eigenvalue weighted by molar-refractivity contribution is -0.0255. The van der Waals surface area contributed by atoms with Crippen LogP contribution >= 0.6 is 11.3 Å². The molecule has 2 aromatic heterocycles. The topological polar surface area (TPSA) is 81.2 Å². The molecule has 0 saturated carbocycles. The zero-order valence-corrected chi connectivity index (χ0v) is 14.0. The Morgan fingerprint density at radius 2 is 2.15 bits per heavy atom. The van der Waals surface area contributed by atoms with Gasteiger partial charge < -0.3 is 15.3 Å². The van der Waals surface area contributed by atoms with Crippen LogP contribution in [0.4, 0.5) is 23.2 Å². The third-order valence-corrected chi connectivity index (χ3v) is 5.79. The number of halogens is 4. The molecule has 11 heteroatoms. The average molecular weight is 390 g/mol. The summed E-state index contributed by atoms with van der Waals surface area (Å²) < 4.78 is 54.4. The first-order valence-corrected chi connectivity index (χ1v) is 8.63. The van der Waals surface area contributed by atoms with Gasteiger partial charge >= 0.3 is 0 Å². The summed E-state index contributed by atoms with van der Waals surface area (Å²) in [7, 11) is 0. The number of aromatic amines is 1. The molecule has 4 heterocycles. The molecule has 140 valence electrons. The first kappa shape index (κ1) is 17.3. The lowest BCUT2D eigenvalue weighted by Gasteiger charge is -2.36. The molecule has 0 aliphatic carbocycles. The number of aromatic nitrogens is 2. The molecule has 0 saturated heterocycles. The number of nitrogens with one attached hydrogen (secondary N) is 2. The number of hydrogen-bond donors (Lipinski definition) is 3. The molecule has 0 unspecified atom stereocenters. The van der Waals surface area contributed by atoms with Gasteiger partial charge in [-0.3, -0.25) is 9.89 Å². The number of hydrogen-bond acceptors (Lipinski definition) is 5. The SMILES string of the molecule is O=C1N[C@@H]([C@H](O)C(F)F)CN2CC(F)(F)Cc3c(-c4cn[nH]c4)sc1c32. The predicted octanol–water partition coefficient (Wildman–Crippen LogP) is 1.87. The average Bonchev–Trinajstić information content (AvgIpc) is 3.16. The molecular weight excluding hydrogens is 376 g/mol. The normalized spacial score (nSPS) is 22.8. The van der Waals surface area contributed by atoms with Crippen LogP contribution in [0.2, 0.25) is 0 Å². The van der Waals surface area contributed by atoms with E-state index in [1.807, 2.05) is 0 Å². The number of amides is 1. The van der Waals surface area contributed by atoms with E-state index < -0.39 is 43.4 Å². The number of carbonyl (C=O) groups is 1. The van der Waals surface area contributed by atoms with Gasteiger partial charge in [0, 0.05) is 35.2 Å². The number of thiophene rings is 1. The largest absolute Gasteiger partial charge is 0.385 e. The molecule has 0 spiro atoms. The van der Waals surface area contributed by atoms with Gasteiger partial charge in [-0.05, 0) is 0 Å². The number of nitrogens with zero attached hydrogens (tertiary/aromatic N) is 2. The minimum Gasteiger partial charge on any atom is -0.385 e. The standard InChI is InChI=1S/C15H14F4N4O2S/c16-13(17)10(24)8-4-23-5-15(18,19)1-7-9(23)12(14(25)22-8)26-11(7)6-2-20-21-3-6/h2-3,8,10,13,24H,1,4-5H2,(H,20,21)(H,22,25)/t8-,10+/m1/s1. The van der Waals surface area contributed by atoms with Crippen molar-refractivity contribution >= 4 is 22.9 Å². The van der Waals surface area contributed by atoms with Crippen molar-refractivity contribution in [2.24, 2.45) is 0 Å². The van der Waals surface area contributed by atoms with Crippen molar-refractivity contribution in [2.45, 2.75) is 30.9 Å². The van der Waals surface area contributed by atoms with Gasteiger partial charge in [0.2, 0.25) is 0 Å². The van der Waals surface area contributed by atoms with E-state index in [1.165, 1.54) is 11.1 Å². The van der Waals surface area contributed by atoms with Crippen molar-refractivity contribution in [1.29, 1.82) is 0 Å².